The van der Waals surface area contributed by atoms with Crippen molar-refractivity contribution in [2.24, 2.45) is 0 Å². The molecule has 0 radical (unpaired) electrons. The van der Waals surface area contributed by atoms with Crippen LogP contribution in [0.15, 0.2) is 65.7 Å². The molecule has 0 aliphatic heterocycles. The first kappa shape index (κ1) is 23.7. The summed E-state index contributed by atoms with van der Waals surface area (Å²) in [6.07, 6.45) is 1.56. The van der Waals surface area contributed by atoms with E-state index in [1.165, 1.54) is 11.3 Å². The second-order valence-electron chi connectivity index (χ2n) is 8.36. The molecule has 1 N–H and O–H groups in total. The molecule has 2 aromatic heterocycles. The third-order valence-corrected chi connectivity index (χ3v) is 7.10. The molecule has 8 heteroatoms. The number of benzene rings is 2. The van der Waals surface area contributed by atoms with Crippen LogP contribution in [0, 0.1) is 6.92 Å². The van der Waals surface area contributed by atoms with Crippen molar-refractivity contribution in [2.75, 3.05) is 27.7 Å². The van der Waals surface area contributed by atoms with Gasteiger partial charge in [0.15, 0.2) is 0 Å². The molecule has 176 valence electrons. The molecule has 2 heterocycles. The van der Waals surface area contributed by atoms with Crippen molar-refractivity contribution in [3.63, 3.8) is 0 Å². The van der Waals surface area contributed by atoms with Crippen LogP contribution < -0.4 is 15.6 Å². The fraction of sp³-hybridized carbons (Fsp3) is 0.269. The van der Waals surface area contributed by atoms with Gasteiger partial charge < -0.3 is 15.0 Å². The van der Waals surface area contributed by atoms with E-state index >= 15 is 0 Å². The van der Waals surface area contributed by atoms with Crippen molar-refractivity contribution in [1.29, 1.82) is 0 Å². The Morgan fingerprint density at radius 1 is 1.15 bits per heavy atom. The fourth-order valence-corrected chi connectivity index (χ4v) is 5.02. The number of nitrogens with zero attached hydrogens (tertiary/aromatic N) is 3. The summed E-state index contributed by atoms with van der Waals surface area (Å²) in [7, 11) is 5.59. The minimum absolute atomic E-state index is 0.00855. The monoisotopic (exact) mass is 476 g/mol. The Morgan fingerprint density at radius 3 is 2.50 bits per heavy atom. The summed E-state index contributed by atoms with van der Waals surface area (Å²) in [5.74, 6) is 0.589. The maximum Gasteiger partial charge on any atom is 0.262 e. The molecule has 0 spiro atoms. The Kier molecular flexibility index (Phi) is 7.09. The number of amides is 1. The summed E-state index contributed by atoms with van der Waals surface area (Å²) in [5, 5.41) is 3.55. The second-order valence-corrected chi connectivity index (χ2v) is 9.36. The number of likely N-dealkylation sites (N-methyl/N-ethyl adjacent to an activating group) is 1. The zero-order chi connectivity index (χ0) is 24.2. The van der Waals surface area contributed by atoms with Crippen LogP contribution in [-0.2, 0) is 6.54 Å². The Morgan fingerprint density at radius 2 is 1.85 bits per heavy atom. The Hall–Kier alpha value is -3.49. The molecule has 1 atom stereocenters. The smallest absolute Gasteiger partial charge is 0.262 e. The van der Waals surface area contributed by atoms with Gasteiger partial charge in [-0.1, -0.05) is 42.5 Å². The van der Waals surface area contributed by atoms with E-state index in [1.807, 2.05) is 75.6 Å². The molecule has 4 aromatic rings. The summed E-state index contributed by atoms with van der Waals surface area (Å²) in [6.45, 7) is 2.68. The van der Waals surface area contributed by atoms with Crippen molar-refractivity contribution < 1.29 is 9.53 Å². The molecule has 0 fully saturated rings. The van der Waals surface area contributed by atoms with Crippen molar-refractivity contribution in [2.45, 2.75) is 19.5 Å². The minimum Gasteiger partial charge on any atom is -0.497 e. The third kappa shape index (κ3) is 4.88. The number of carbonyl (C=O) groups is 1. The number of hydrogen-bond donors (Lipinski definition) is 1. The lowest BCUT2D eigenvalue weighted by atomic mass is 10.1. The molecule has 7 nitrogen and oxygen atoms in total. The number of aryl methyl sites for hydroxylation is 1. The number of methoxy groups -OCH3 is 1. The normalized spacial score (nSPS) is 12.1. The average molecular weight is 477 g/mol. The first-order valence-corrected chi connectivity index (χ1v) is 11.8. The van der Waals surface area contributed by atoms with Crippen LogP contribution in [0.3, 0.4) is 0 Å². The van der Waals surface area contributed by atoms with Gasteiger partial charge >= 0.3 is 0 Å². The molecule has 0 saturated heterocycles. The van der Waals surface area contributed by atoms with Gasteiger partial charge in [-0.25, -0.2) is 4.98 Å². The highest BCUT2D eigenvalue weighted by atomic mass is 32.1. The molecule has 4 rings (SSSR count). The molecular weight excluding hydrogens is 448 g/mol. The van der Waals surface area contributed by atoms with E-state index in [4.69, 9.17) is 4.74 Å². The van der Waals surface area contributed by atoms with Crippen LogP contribution in [0.4, 0.5) is 0 Å². The summed E-state index contributed by atoms with van der Waals surface area (Å²) in [4.78, 5) is 33.9. The number of ether oxygens (including phenoxy) is 1. The molecule has 34 heavy (non-hydrogen) atoms. The molecule has 0 aliphatic rings. The second kappa shape index (κ2) is 10.2. The molecule has 1 unspecified atom stereocenters. The predicted molar refractivity (Wildman–Crippen MR) is 136 cm³/mol. The number of nitrogens with one attached hydrogen (secondary N) is 1. The largest absolute Gasteiger partial charge is 0.497 e. The first-order valence-electron chi connectivity index (χ1n) is 11.0. The zero-order valence-electron chi connectivity index (χ0n) is 19.7. The van der Waals surface area contributed by atoms with Gasteiger partial charge in [0.05, 0.1) is 36.3 Å². The topological polar surface area (TPSA) is 76.5 Å². The van der Waals surface area contributed by atoms with E-state index in [1.54, 1.807) is 18.0 Å². The predicted octanol–water partition coefficient (Wildman–Crippen LogP) is 3.86. The summed E-state index contributed by atoms with van der Waals surface area (Å²) < 4.78 is 6.83. The van der Waals surface area contributed by atoms with Crippen LogP contribution in [0.1, 0.15) is 32.4 Å². The Labute approximate surface area is 202 Å². The average Bonchev–Trinajstić information content (AvgIpc) is 3.19. The van der Waals surface area contributed by atoms with Gasteiger partial charge in [-0.3, -0.25) is 14.2 Å². The van der Waals surface area contributed by atoms with Crippen LogP contribution in [-0.4, -0.2) is 48.1 Å². The molecule has 0 saturated carbocycles. The summed E-state index contributed by atoms with van der Waals surface area (Å²) in [6, 6.07) is 17.6. The minimum atomic E-state index is -0.199. The van der Waals surface area contributed by atoms with Crippen LogP contribution in [0.5, 0.6) is 5.75 Å². The van der Waals surface area contributed by atoms with Crippen molar-refractivity contribution in [3.05, 3.63) is 92.8 Å². The van der Waals surface area contributed by atoms with E-state index < -0.39 is 0 Å². The van der Waals surface area contributed by atoms with Crippen LogP contribution >= 0.6 is 11.3 Å². The maximum absolute atomic E-state index is 13.2. The van der Waals surface area contributed by atoms with Gasteiger partial charge in [0.1, 0.15) is 10.6 Å². The Bertz CT molecular complexity index is 1340. The lowest BCUT2D eigenvalue weighted by Crippen LogP contribution is -2.34. The SMILES string of the molecule is COc1ccc(C(CNC(=O)c2sc3ncn(Cc4ccccc4)c(=O)c3c2C)N(C)C)cc1. The highest BCUT2D eigenvalue weighted by molar-refractivity contribution is 7.20. The molecule has 0 bridgehead atoms. The Balaban J connectivity index is 1.55. The maximum atomic E-state index is 13.2. The summed E-state index contributed by atoms with van der Waals surface area (Å²) >= 11 is 1.26. The van der Waals surface area contributed by atoms with E-state index in [0.717, 1.165) is 16.9 Å². The number of aromatic nitrogens is 2. The van der Waals surface area contributed by atoms with E-state index in [-0.39, 0.29) is 17.5 Å². The van der Waals surface area contributed by atoms with E-state index in [2.05, 4.69) is 15.2 Å². The highest BCUT2D eigenvalue weighted by Crippen LogP contribution is 2.27. The van der Waals surface area contributed by atoms with E-state index in [0.29, 0.717) is 33.7 Å². The highest BCUT2D eigenvalue weighted by Gasteiger charge is 2.21. The van der Waals surface area contributed by atoms with Crippen molar-refractivity contribution in [3.8, 4) is 5.75 Å². The lowest BCUT2D eigenvalue weighted by Gasteiger charge is -2.25. The number of thiophene rings is 1. The van der Waals surface area contributed by atoms with Gasteiger partial charge in [0, 0.05) is 6.54 Å². The first-order chi connectivity index (χ1) is 16.4. The van der Waals surface area contributed by atoms with Gasteiger partial charge in [-0.15, -0.1) is 11.3 Å². The molecule has 1 amide bonds. The van der Waals surface area contributed by atoms with Crippen molar-refractivity contribution in [1.82, 2.24) is 19.8 Å². The quantitative estimate of drug-likeness (QED) is 0.418. The van der Waals surface area contributed by atoms with Gasteiger partial charge in [0.2, 0.25) is 0 Å². The van der Waals surface area contributed by atoms with Gasteiger partial charge in [-0.05, 0) is 49.8 Å². The van der Waals surface area contributed by atoms with Crippen molar-refractivity contribution >= 4 is 27.5 Å². The van der Waals surface area contributed by atoms with Gasteiger partial charge in [0.25, 0.3) is 11.5 Å². The zero-order valence-corrected chi connectivity index (χ0v) is 20.6. The van der Waals surface area contributed by atoms with E-state index in [9.17, 15) is 9.59 Å². The number of fused-ring (bicyclic) bond motifs is 1. The number of rotatable bonds is 8. The third-order valence-electron chi connectivity index (χ3n) is 5.90. The molecule has 0 aliphatic carbocycles. The number of hydrogen-bond acceptors (Lipinski definition) is 6. The summed E-state index contributed by atoms with van der Waals surface area (Å²) in [5.41, 5.74) is 2.63. The molecular formula is C26H28N4O3S. The van der Waals surface area contributed by atoms with Crippen LogP contribution in [0.25, 0.3) is 10.2 Å². The van der Waals surface area contributed by atoms with Gasteiger partial charge in [-0.2, -0.15) is 0 Å². The lowest BCUT2D eigenvalue weighted by molar-refractivity contribution is 0.0945. The number of carbonyl (C=O) groups excluding carboxylic acids is 1. The van der Waals surface area contributed by atoms with Crippen LogP contribution in [0.2, 0.25) is 0 Å². The molecule has 2 aromatic carbocycles. The fourth-order valence-electron chi connectivity index (χ4n) is 3.96. The standard InChI is InChI=1S/C26H28N4O3S/c1-17-22-25(28-16-30(26(22)32)15-18-8-6-5-7-9-18)34-23(17)24(31)27-14-21(29(2)3)19-10-12-20(33-4)13-11-19/h5-13,16,21H,14-15H2,1-4H3,(H,27,31).